The van der Waals surface area contributed by atoms with Crippen LogP contribution in [0.4, 0.5) is 0 Å². The number of rotatable bonds is 4. The summed E-state index contributed by atoms with van der Waals surface area (Å²) in [7, 11) is 1.87. The summed E-state index contributed by atoms with van der Waals surface area (Å²) in [5.41, 5.74) is 2.10. The Morgan fingerprint density at radius 3 is 2.71 bits per heavy atom. The van der Waals surface area contributed by atoms with Crippen molar-refractivity contribution >= 4 is 12.0 Å². The van der Waals surface area contributed by atoms with Gasteiger partial charge in [0.15, 0.2) is 0 Å². The molecule has 1 amide bonds. The third-order valence-corrected chi connectivity index (χ3v) is 3.72. The number of benzene rings is 1. The van der Waals surface area contributed by atoms with Gasteiger partial charge in [0.25, 0.3) is 0 Å². The van der Waals surface area contributed by atoms with Crippen LogP contribution in [0.15, 0.2) is 24.3 Å². The molecule has 1 aromatic carbocycles. The maximum absolute atomic E-state index is 11.9. The quantitative estimate of drug-likeness (QED) is 0.848. The maximum atomic E-state index is 11.9. The van der Waals surface area contributed by atoms with Gasteiger partial charge in [0.05, 0.1) is 0 Å². The predicted molar refractivity (Wildman–Crippen MR) is 86.4 cm³/mol. The normalized spacial score (nSPS) is 15.5. The Kier molecular flexibility index (Phi) is 4.40. The van der Waals surface area contributed by atoms with E-state index in [1.807, 2.05) is 40.8 Å². The molecule has 1 aromatic rings. The average Bonchev–Trinajstić information content (AvgIpc) is 2.42. The third-order valence-electron chi connectivity index (χ3n) is 3.72. The van der Waals surface area contributed by atoms with E-state index >= 15 is 0 Å². The smallest absolute Gasteiger partial charge is 0.224 e. The second-order valence-corrected chi connectivity index (χ2v) is 6.58. The first kappa shape index (κ1) is 15.6. The molecule has 0 radical (unpaired) electrons. The molecule has 0 saturated heterocycles. The van der Waals surface area contributed by atoms with Crippen molar-refractivity contribution in [1.82, 2.24) is 4.90 Å². The number of amides is 1. The number of hydrogen-bond donors (Lipinski definition) is 0. The van der Waals surface area contributed by atoms with Crippen molar-refractivity contribution in [2.24, 2.45) is 5.92 Å². The molecule has 0 aromatic heterocycles. The molecule has 1 aliphatic heterocycles. The molecule has 0 fully saturated rings. The van der Waals surface area contributed by atoms with E-state index in [1.54, 1.807) is 4.90 Å². The SMILES string of the molecule is CC(C)C(=O)N(C)CCc1ccc2c(c1)C=CC(C)(C)O2. The van der Waals surface area contributed by atoms with E-state index in [0.29, 0.717) is 0 Å². The fourth-order valence-electron chi connectivity index (χ4n) is 2.43. The van der Waals surface area contributed by atoms with Crippen LogP contribution in [0.2, 0.25) is 0 Å². The summed E-state index contributed by atoms with van der Waals surface area (Å²) in [4.78, 5) is 13.7. The molecular formula is C18H25NO2. The minimum Gasteiger partial charge on any atom is -0.483 e. The van der Waals surface area contributed by atoms with E-state index in [-0.39, 0.29) is 17.4 Å². The van der Waals surface area contributed by atoms with Crippen LogP contribution in [-0.4, -0.2) is 30.0 Å². The number of carbonyl (C=O) groups excluding carboxylic acids is 1. The summed E-state index contributed by atoms with van der Waals surface area (Å²) < 4.78 is 5.92. The molecule has 3 heteroatoms. The summed E-state index contributed by atoms with van der Waals surface area (Å²) in [6, 6.07) is 6.26. The van der Waals surface area contributed by atoms with Gasteiger partial charge in [0.2, 0.25) is 5.91 Å². The van der Waals surface area contributed by atoms with Crippen LogP contribution < -0.4 is 4.74 Å². The Bertz CT molecular complexity index is 558. The summed E-state index contributed by atoms with van der Waals surface area (Å²) in [5.74, 6) is 1.17. The van der Waals surface area contributed by atoms with Gasteiger partial charge >= 0.3 is 0 Å². The van der Waals surface area contributed by atoms with Crippen molar-refractivity contribution in [2.45, 2.75) is 39.7 Å². The highest BCUT2D eigenvalue weighted by Gasteiger charge is 2.21. The van der Waals surface area contributed by atoms with Gasteiger partial charge in [-0.1, -0.05) is 26.0 Å². The lowest BCUT2D eigenvalue weighted by Gasteiger charge is -2.28. The predicted octanol–water partition coefficient (Wildman–Crippen LogP) is 3.53. The summed E-state index contributed by atoms with van der Waals surface area (Å²) in [5, 5.41) is 0. The second-order valence-electron chi connectivity index (χ2n) is 6.58. The van der Waals surface area contributed by atoms with Crippen LogP contribution in [0.5, 0.6) is 5.75 Å². The highest BCUT2D eigenvalue weighted by atomic mass is 16.5. The zero-order valence-corrected chi connectivity index (χ0v) is 13.6. The van der Waals surface area contributed by atoms with Gasteiger partial charge < -0.3 is 9.64 Å². The van der Waals surface area contributed by atoms with Crippen LogP contribution in [0.1, 0.15) is 38.8 Å². The molecule has 0 N–H and O–H groups in total. The molecule has 0 bridgehead atoms. The van der Waals surface area contributed by atoms with Gasteiger partial charge in [0.1, 0.15) is 11.4 Å². The van der Waals surface area contributed by atoms with Gasteiger partial charge in [-0.05, 0) is 44.0 Å². The van der Waals surface area contributed by atoms with Crippen LogP contribution in [0.25, 0.3) is 6.08 Å². The maximum Gasteiger partial charge on any atom is 0.224 e. The zero-order valence-electron chi connectivity index (χ0n) is 13.6. The van der Waals surface area contributed by atoms with E-state index < -0.39 is 0 Å². The molecule has 0 spiro atoms. The van der Waals surface area contributed by atoms with Crippen molar-refractivity contribution < 1.29 is 9.53 Å². The van der Waals surface area contributed by atoms with E-state index in [9.17, 15) is 4.79 Å². The molecular weight excluding hydrogens is 262 g/mol. The molecule has 0 atom stereocenters. The lowest BCUT2D eigenvalue weighted by molar-refractivity contribution is -0.133. The molecule has 0 unspecified atom stereocenters. The van der Waals surface area contributed by atoms with Gasteiger partial charge in [-0.3, -0.25) is 4.79 Å². The Morgan fingerprint density at radius 2 is 2.05 bits per heavy atom. The third kappa shape index (κ3) is 3.87. The number of nitrogens with zero attached hydrogens (tertiary/aromatic N) is 1. The molecule has 1 heterocycles. The van der Waals surface area contributed by atoms with Crippen LogP contribution >= 0.6 is 0 Å². The number of ether oxygens (including phenoxy) is 1. The van der Waals surface area contributed by atoms with Gasteiger partial charge in [-0.2, -0.15) is 0 Å². The molecule has 21 heavy (non-hydrogen) atoms. The Balaban J connectivity index is 2.02. The lowest BCUT2D eigenvalue weighted by atomic mass is 10.00. The van der Waals surface area contributed by atoms with E-state index in [4.69, 9.17) is 4.74 Å². The van der Waals surface area contributed by atoms with E-state index in [2.05, 4.69) is 24.3 Å². The lowest BCUT2D eigenvalue weighted by Crippen LogP contribution is -2.32. The average molecular weight is 287 g/mol. The highest BCUT2D eigenvalue weighted by Crippen LogP contribution is 2.31. The van der Waals surface area contributed by atoms with Crippen molar-refractivity contribution in [3.05, 3.63) is 35.4 Å². The molecule has 2 rings (SSSR count). The second kappa shape index (κ2) is 5.92. The summed E-state index contributed by atoms with van der Waals surface area (Å²) in [6.07, 6.45) is 5.05. The molecule has 0 saturated carbocycles. The standard InChI is InChI=1S/C18H25NO2/c1-13(2)17(20)19(5)11-9-14-6-7-16-15(12-14)8-10-18(3,4)21-16/h6-8,10,12-13H,9,11H2,1-5H3. The molecule has 1 aliphatic rings. The Labute approximate surface area is 127 Å². The minimum atomic E-state index is -0.238. The first-order valence-corrected chi connectivity index (χ1v) is 7.55. The molecule has 0 aliphatic carbocycles. The van der Waals surface area contributed by atoms with Gasteiger partial charge in [-0.15, -0.1) is 0 Å². The monoisotopic (exact) mass is 287 g/mol. The van der Waals surface area contributed by atoms with Crippen LogP contribution in [0.3, 0.4) is 0 Å². The zero-order chi connectivity index (χ0) is 15.6. The number of carbonyl (C=O) groups is 1. The van der Waals surface area contributed by atoms with Crippen molar-refractivity contribution in [3.63, 3.8) is 0 Å². The highest BCUT2D eigenvalue weighted by molar-refractivity contribution is 5.77. The molecule has 114 valence electrons. The number of fused-ring (bicyclic) bond motifs is 1. The van der Waals surface area contributed by atoms with E-state index in [0.717, 1.165) is 24.3 Å². The number of likely N-dealkylation sites (N-methyl/N-ethyl adjacent to an activating group) is 1. The van der Waals surface area contributed by atoms with Gasteiger partial charge in [-0.25, -0.2) is 0 Å². The summed E-state index contributed by atoms with van der Waals surface area (Å²) >= 11 is 0. The fourth-order valence-corrected chi connectivity index (χ4v) is 2.43. The molecule has 3 nitrogen and oxygen atoms in total. The Hall–Kier alpha value is -1.77. The Morgan fingerprint density at radius 1 is 1.33 bits per heavy atom. The van der Waals surface area contributed by atoms with Crippen molar-refractivity contribution in [2.75, 3.05) is 13.6 Å². The van der Waals surface area contributed by atoms with Crippen LogP contribution in [-0.2, 0) is 11.2 Å². The van der Waals surface area contributed by atoms with E-state index in [1.165, 1.54) is 5.56 Å². The first-order valence-electron chi connectivity index (χ1n) is 7.55. The largest absolute Gasteiger partial charge is 0.483 e. The fraction of sp³-hybridized carbons (Fsp3) is 0.500. The topological polar surface area (TPSA) is 29.5 Å². The van der Waals surface area contributed by atoms with Crippen molar-refractivity contribution in [1.29, 1.82) is 0 Å². The van der Waals surface area contributed by atoms with Crippen molar-refractivity contribution in [3.8, 4) is 5.75 Å². The first-order chi connectivity index (χ1) is 9.78. The number of hydrogen-bond acceptors (Lipinski definition) is 2. The van der Waals surface area contributed by atoms with Gasteiger partial charge in [0, 0.05) is 25.1 Å². The van der Waals surface area contributed by atoms with Crippen LogP contribution in [0, 0.1) is 5.92 Å². The summed E-state index contributed by atoms with van der Waals surface area (Å²) in [6.45, 7) is 8.70. The minimum absolute atomic E-state index is 0.0529.